The zero-order chi connectivity index (χ0) is 15.6. The SMILES string of the molecule is CC(C)(CC(=O)O)CC(=O)NC(=O)NC1CC2CCC1C2. The molecule has 0 aromatic heterocycles. The number of urea groups is 1. The van der Waals surface area contributed by atoms with Gasteiger partial charge in [0.2, 0.25) is 5.91 Å². The van der Waals surface area contributed by atoms with Crippen molar-refractivity contribution in [2.24, 2.45) is 17.3 Å². The smallest absolute Gasteiger partial charge is 0.321 e. The van der Waals surface area contributed by atoms with E-state index in [1.807, 2.05) is 0 Å². The Morgan fingerprint density at radius 1 is 1.14 bits per heavy atom. The first-order valence-corrected chi connectivity index (χ1v) is 7.57. The van der Waals surface area contributed by atoms with Crippen molar-refractivity contribution in [1.29, 1.82) is 0 Å². The number of rotatable bonds is 5. The molecule has 21 heavy (non-hydrogen) atoms. The molecule has 2 aliphatic rings. The van der Waals surface area contributed by atoms with Crippen molar-refractivity contribution in [1.82, 2.24) is 10.6 Å². The van der Waals surface area contributed by atoms with Gasteiger partial charge >= 0.3 is 12.0 Å². The van der Waals surface area contributed by atoms with Gasteiger partial charge in [0.25, 0.3) is 0 Å². The molecule has 0 heterocycles. The Morgan fingerprint density at radius 2 is 1.86 bits per heavy atom. The Balaban J connectivity index is 1.74. The van der Waals surface area contributed by atoms with Crippen LogP contribution in [-0.4, -0.2) is 29.1 Å². The molecule has 0 radical (unpaired) electrons. The minimum absolute atomic E-state index is 0.0173. The monoisotopic (exact) mass is 296 g/mol. The predicted molar refractivity (Wildman–Crippen MR) is 76.6 cm³/mol. The topological polar surface area (TPSA) is 95.5 Å². The van der Waals surface area contributed by atoms with E-state index in [1.165, 1.54) is 12.8 Å². The second-order valence-electron chi connectivity index (χ2n) is 7.21. The number of amides is 3. The normalized spacial score (nSPS) is 27.4. The van der Waals surface area contributed by atoms with Crippen molar-refractivity contribution in [2.75, 3.05) is 0 Å². The van der Waals surface area contributed by atoms with Crippen LogP contribution in [0.15, 0.2) is 0 Å². The minimum atomic E-state index is -0.945. The Morgan fingerprint density at radius 3 is 2.38 bits per heavy atom. The molecule has 118 valence electrons. The number of hydrogen-bond donors (Lipinski definition) is 3. The fourth-order valence-electron chi connectivity index (χ4n) is 3.70. The third kappa shape index (κ3) is 4.44. The van der Waals surface area contributed by atoms with Crippen LogP contribution in [0.3, 0.4) is 0 Å². The van der Waals surface area contributed by atoms with Crippen LogP contribution in [0.2, 0.25) is 0 Å². The van der Waals surface area contributed by atoms with Crippen molar-refractivity contribution in [3.63, 3.8) is 0 Å². The minimum Gasteiger partial charge on any atom is -0.481 e. The Hall–Kier alpha value is -1.59. The summed E-state index contributed by atoms with van der Waals surface area (Å²) in [5, 5.41) is 14.0. The van der Waals surface area contributed by atoms with Crippen molar-refractivity contribution in [3.05, 3.63) is 0 Å². The van der Waals surface area contributed by atoms with Crippen molar-refractivity contribution >= 4 is 17.9 Å². The first kappa shape index (κ1) is 15.8. The van der Waals surface area contributed by atoms with E-state index < -0.39 is 23.3 Å². The Labute approximate surface area is 124 Å². The molecule has 6 nitrogen and oxygen atoms in total. The Kier molecular flexibility index (Phi) is 4.54. The fourth-order valence-corrected chi connectivity index (χ4v) is 3.70. The number of carbonyl (C=O) groups is 3. The number of carboxylic acid groups (broad SMARTS) is 1. The van der Waals surface area contributed by atoms with Gasteiger partial charge in [-0.1, -0.05) is 20.3 Å². The second kappa shape index (κ2) is 6.03. The van der Waals surface area contributed by atoms with E-state index in [1.54, 1.807) is 13.8 Å². The predicted octanol–water partition coefficient (Wildman–Crippen LogP) is 1.89. The van der Waals surface area contributed by atoms with Crippen LogP contribution in [0.25, 0.3) is 0 Å². The lowest BCUT2D eigenvalue weighted by Crippen LogP contribution is -2.47. The number of aliphatic carboxylic acids is 1. The number of hydrogen-bond acceptors (Lipinski definition) is 3. The molecule has 0 saturated heterocycles. The van der Waals surface area contributed by atoms with E-state index in [0.717, 1.165) is 18.8 Å². The first-order chi connectivity index (χ1) is 9.75. The van der Waals surface area contributed by atoms with Gasteiger partial charge in [-0.15, -0.1) is 0 Å². The van der Waals surface area contributed by atoms with Crippen LogP contribution in [0.4, 0.5) is 4.79 Å². The molecule has 3 N–H and O–H groups in total. The summed E-state index contributed by atoms with van der Waals surface area (Å²) in [6, 6.07) is -0.271. The van der Waals surface area contributed by atoms with E-state index in [0.29, 0.717) is 5.92 Å². The molecule has 0 spiro atoms. The molecular weight excluding hydrogens is 272 g/mol. The largest absolute Gasteiger partial charge is 0.481 e. The third-order valence-electron chi connectivity index (χ3n) is 4.58. The van der Waals surface area contributed by atoms with Gasteiger partial charge < -0.3 is 10.4 Å². The van der Waals surface area contributed by atoms with Gasteiger partial charge in [-0.25, -0.2) is 4.79 Å². The molecule has 2 saturated carbocycles. The van der Waals surface area contributed by atoms with Gasteiger partial charge in [-0.05, 0) is 36.5 Å². The average Bonchev–Trinajstić information content (AvgIpc) is 2.86. The highest BCUT2D eigenvalue weighted by Gasteiger charge is 2.40. The molecule has 3 amide bonds. The van der Waals surface area contributed by atoms with Gasteiger partial charge in [-0.2, -0.15) is 0 Å². The standard InChI is InChI=1S/C15H24N2O4/c1-15(2,8-13(19)20)7-12(18)17-14(21)16-11-6-9-3-4-10(11)5-9/h9-11H,3-8H2,1-2H3,(H,19,20)(H2,16,17,18,21). The zero-order valence-corrected chi connectivity index (χ0v) is 12.6. The quantitative estimate of drug-likeness (QED) is 0.722. The summed E-state index contributed by atoms with van der Waals surface area (Å²) in [7, 11) is 0. The number of fused-ring (bicyclic) bond motifs is 2. The summed E-state index contributed by atoms with van der Waals surface area (Å²) in [5.41, 5.74) is -0.664. The molecule has 2 aliphatic carbocycles. The van der Waals surface area contributed by atoms with Crippen molar-refractivity contribution < 1.29 is 19.5 Å². The van der Waals surface area contributed by atoms with E-state index in [2.05, 4.69) is 10.6 Å². The number of nitrogens with one attached hydrogen (secondary N) is 2. The zero-order valence-electron chi connectivity index (χ0n) is 12.6. The summed E-state index contributed by atoms with van der Waals surface area (Å²) in [6.07, 6.45) is 4.53. The van der Waals surface area contributed by atoms with Gasteiger partial charge in [0.05, 0.1) is 6.42 Å². The highest BCUT2D eigenvalue weighted by molar-refractivity contribution is 5.94. The maximum absolute atomic E-state index is 11.8. The van der Waals surface area contributed by atoms with Crippen LogP contribution < -0.4 is 10.6 Å². The fraction of sp³-hybridized carbons (Fsp3) is 0.800. The van der Waals surface area contributed by atoms with Crippen molar-refractivity contribution in [3.8, 4) is 0 Å². The van der Waals surface area contributed by atoms with Crippen LogP contribution in [0.5, 0.6) is 0 Å². The van der Waals surface area contributed by atoms with Crippen LogP contribution in [0.1, 0.15) is 52.4 Å². The lowest BCUT2D eigenvalue weighted by molar-refractivity contribution is -0.139. The highest BCUT2D eigenvalue weighted by Crippen LogP contribution is 2.44. The van der Waals surface area contributed by atoms with E-state index in [9.17, 15) is 14.4 Å². The number of imide groups is 1. The summed E-state index contributed by atoms with van der Waals surface area (Å²) in [5.74, 6) is -0.0917. The van der Waals surface area contributed by atoms with E-state index >= 15 is 0 Å². The first-order valence-electron chi connectivity index (χ1n) is 7.57. The van der Waals surface area contributed by atoms with Gasteiger partial charge in [0.1, 0.15) is 0 Å². The average molecular weight is 296 g/mol. The third-order valence-corrected chi connectivity index (χ3v) is 4.58. The molecular formula is C15H24N2O4. The molecule has 6 heteroatoms. The summed E-state index contributed by atoms with van der Waals surface area (Å²) >= 11 is 0. The van der Waals surface area contributed by atoms with E-state index in [-0.39, 0.29) is 18.9 Å². The molecule has 3 unspecified atom stereocenters. The lowest BCUT2D eigenvalue weighted by Gasteiger charge is -2.24. The number of carbonyl (C=O) groups excluding carboxylic acids is 2. The van der Waals surface area contributed by atoms with Gasteiger partial charge in [0, 0.05) is 12.5 Å². The molecule has 0 aromatic carbocycles. The molecule has 0 aromatic rings. The van der Waals surface area contributed by atoms with Crippen LogP contribution in [0, 0.1) is 17.3 Å². The van der Waals surface area contributed by atoms with Crippen LogP contribution >= 0.6 is 0 Å². The second-order valence-corrected chi connectivity index (χ2v) is 7.21. The lowest BCUT2D eigenvalue weighted by atomic mass is 9.85. The number of carboxylic acids is 1. The highest BCUT2D eigenvalue weighted by atomic mass is 16.4. The molecule has 2 fully saturated rings. The summed E-state index contributed by atoms with van der Waals surface area (Å²) in [4.78, 5) is 34.4. The maximum atomic E-state index is 11.8. The van der Waals surface area contributed by atoms with Gasteiger partial charge in [-0.3, -0.25) is 14.9 Å². The molecule has 2 bridgehead atoms. The van der Waals surface area contributed by atoms with Crippen molar-refractivity contribution in [2.45, 2.75) is 58.4 Å². The maximum Gasteiger partial charge on any atom is 0.321 e. The molecule has 3 atom stereocenters. The molecule has 2 rings (SSSR count). The summed E-state index contributed by atoms with van der Waals surface area (Å²) in [6.45, 7) is 3.41. The Bertz CT molecular complexity index is 447. The van der Waals surface area contributed by atoms with Crippen LogP contribution in [-0.2, 0) is 9.59 Å². The molecule has 0 aliphatic heterocycles. The van der Waals surface area contributed by atoms with Gasteiger partial charge in [0.15, 0.2) is 0 Å². The summed E-state index contributed by atoms with van der Waals surface area (Å²) < 4.78 is 0. The van der Waals surface area contributed by atoms with E-state index in [4.69, 9.17) is 5.11 Å².